The van der Waals surface area contributed by atoms with Gasteiger partial charge in [0.25, 0.3) is 0 Å². The minimum Gasteiger partial charge on any atom is -0.326 e. The molecule has 0 aromatic carbocycles. The fraction of sp³-hybridized carbons (Fsp3) is 0.706. The second-order valence-corrected chi connectivity index (χ2v) is 5.59. The minimum absolute atomic E-state index is 0.600. The van der Waals surface area contributed by atoms with E-state index < -0.39 is 0 Å². The van der Waals surface area contributed by atoms with E-state index in [-0.39, 0.29) is 0 Å². The van der Waals surface area contributed by atoms with Crippen LogP contribution in [0.2, 0.25) is 0 Å². The second-order valence-electron chi connectivity index (χ2n) is 5.59. The van der Waals surface area contributed by atoms with Gasteiger partial charge in [-0.05, 0) is 64.1 Å². The summed E-state index contributed by atoms with van der Waals surface area (Å²) >= 11 is 0. The molecule has 1 fully saturated rings. The van der Waals surface area contributed by atoms with Gasteiger partial charge in [0.15, 0.2) is 0 Å². The van der Waals surface area contributed by atoms with E-state index >= 15 is 0 Å². The van der Waals surface area contributed by atoms with Gasteiger partial charge in [-0.1, -0.05) is 13.8 Å². The zero-order valence-corrected chi connectivity index (χ0v) is 14.5. The van der Waals surface area contributed by atoms with Crippen molar-refractivity contribution in [2.45, 2.75) is 33.2 Å². The molecule has 1 saturated heterocycles. The summed E-state index contributed by atoms with van der Waals surface area (Å²) in [5.74, 6) is 0.906. The summed E-state index contributed by atoms with van der Waals surface area (Å²) < 4.78 is 0. The molecule has 0 saturated carbocycles. The molecule has 4 nitrogen and oxygen atoms in total. The fourth-order valence-electron chi connectivity index (χ4n) is 2.46. The van der Waals surface area contributed by atoms with E-state index in [1.807, 2.05) is 26.0 Å². The number of nitrogens with zero attached hydrogens (tertiary/aromatic N) is 3. The van der Waals surface area contributed by atoms with Crippen LogP contribution in [-0.4, -0.2) is 55.6 Å². The summed E-state index contributed by atoms with van der Waals surface area (Å²) in [4.78, 5) is 8.58. The van der Waals surface area contributed by atoms with E-state index in [0.29, 0.717) is 6.54 Å². The summed E-state index contributed by atoms with van der Waals surface area (Å²) in [6.07, 6.45) is 6.28. The van der Waals surface area contributed by atoms with E-state index in [1.54, 1.807) is 12.4 Å². The Morgan fingerprint density at radius 3 is 2.33 bits per heavy atom. The Morgan fingerprint density at radius 1 is 1.29 bits per heavy atom. The maximum atomic E-state index is 5.32. The molecule has 1 aromatic rings. The van der Waals surface area contributed by atoms with Crippen LogP contribution >= 0.6 is 0 Å². The molecule has 1 atom stereocenters. The first-order valence-corrected chi connectivity index (χ1v) is 8.04. The van der Waals surface area contributed by atoms with Crippen molar-refractivity contribution >= 4 is 0 Å². The summed E-state index contributed by atoms with van der Waals surface area (Å²) in [7, 11) is 6.55. The molecule has 1 aliphatic heterocycles. The van der Waals surface area contributed by atoms with Crippen LogP contribution in [0.1, 0.15) is 32.3 Å². The Balaban J connectivity index is 0.000000354. The molecule has 21 heavy (non-hydrogen) atoms. The van der Waals surface area contributed by atoms with Crippen molar-refractivity contribution in [1.29, 1.82) is 0 Å². The Morgan fingerprint density at radius 2 is 1.90 bits per heavy atom. The minimum atomic E-state index is 0.600. The van der Waals surface area contributed by atoms with Crippen molar-refractivity contribution in [2.24, 2.45) is 11.7 Å². The number of piperidine rings is 1. The van der Waals surface area contributed by atoms with Gasteiger partial charge in [0, 0.05) is 32.0 Å². The molecule has 2 rings (SSSR count). The molecule has 1 aliphatic rings. The number of rotatable bonds is 3. The standard InChI is InChI=1S/C9H20N2.C6H8N2.C2H6/c1-10(2)7-9-5-4-6-11(3)8-9;7-5-6-1-3-8-4-2-6;1-2/h9H,4-8H2,1-3H3;1-4H,5,7H2;1-2H3. The van der Waals surface area contributed by atoms with E-state index in [9.17, 15) is 0 Å². The van der Waals surface area contributed by atoms with Crippen LogP contribution in [-0.2, 0) is 6.54 Å². The number of hydrogen-bond donors (Lipinski definition) is 1. The molecule has 0 amide bonds. The number of hydrogen-bond acceptors (Lipinski definition) is 4. The van der Waals surface area contributed by atoms with Crippen molar-refractivity contribution in [3.05, 3.63) is 30.1 Å². The molecule has 122 valence electrons. The largest absolute Gasteiger partial charge is 0.326 e. The highest BCUT2D eigenvalue weighted by Crippen LogP contribution is 2.14. The monoisotopic (exact) mass is 294 g/mol. The van der Waals surface area contributed by atoms with Gasteiger partial charge in [0.1, 0.15) is 0 Å². The predicted molar refractivity (Wildman–Crippen MR) is 92.3 cm³/mol. The lowest BCUT2D eigenvalue weighted by molar-refractivity contribution is 0.178. The van der Waals surface area contributed by atoms with E-state index in [2.05, 4.69) is 35.9 Å². The van der Waals surface area contributed by atoms with Crippen molar-refractivity contribution in [2.75, 3.05) is 40.8 Å². The van der Waals surface area contributed by atoms with E-state index in [4.69, 9.17) is 5.73 Å². The van der Waals surface area contributed by atoms with Gasteiger partial charge in [0.05, 0.1) is 0 Å². The molecule has 0 bridgehead atoms. The van der Waals surface area contributed by atoms with Crippen molar-refractivity contribution in [1.82, 2.24) is 14.8 Å². The van der Waals surface area contributed by atoms with Crippen molar-refractivity contribution in [3.8, 4) is 0 Å². The first kappa shape index (κ1) is 20.0. The highest BCUT2D eigenvalue weighted by Gasteiger charge is 2.16. The van der Waals surface area contributed by atoms with Gasteiger partial charge in [-0.25, -0.2) is 0 Å². The average molecular weight is 294 g/mol. The van der Waals surface area contributed by atoms with Gasteiger partial charge in [-0.15, -0.1) is 0 Å². The number of pyridine rings is 1. The lowest BCUT2D eigenvalue weighted by Gasteiger charge is -2.31. The molecule has 0 radical (unpaired) electrons. The summed E-state index contributed by atoms with van der Waals surface area (Å²) in [6.45, 7) is 8.44. The van der Waals surface area contributed by atoms with Crippen LogP contribution in [0, 0.1) is 5.92 Å². The molecule has 2 heterocycles. The maximum Gasteiger partial charge on any atom is 0.0271 e. The first-order valence-electron chi connectivity index (χ1n) is 8.04. The molecular weight excluding hydrogens is 260 g/mol. The molecule has 2 N–H and O–H groups in total. The number of likely N-dealkylation sites (tertiary alicyclic amines) is 1. The van der Waals surface area contributed by atoms with E-state index in [1.165, 1.54) is 32.5 Å². The SMILES string of the molecule is CC.CN(C)CC1CCCN(C)C1.NCc1ccncc1. The zero-order valence-electron chi connectivity index (χ0n) is 14.5. The highest BCUT2D eigenvalue weighted by atomic mass is 15.1. The van der Waals surface area contributed by atoms with Crippen LogP contribution in [0.5, 0.6) is 0 Å². The Bertz CT molecular complexity index is 325. The highest BCUT2D eigenvalue weighted by molar-refractivity contribution is 5.08. The fourth-order valence-corrected chi connectivity index (χ4v) is 2.46. The Kier molecular flexibility index (Phi) is 12.2. The third kappa shape index (κ3) is 10.4. The van der Waals surface area contributed by atoms with Crippen LogP contribution in [0.15, 0.2) is 24.5 Å². The van der Waals surface area contributed by atoms with Crippen LogP contribution in [0.4, 0.5) is 0 Å². The van der Waals surface area contributed by atoms with Crippen LogP contribution < -0.4 is 5.73 Å². The third-order valence-electron chi connectivity index (χ3n) is 3.33. The predicted octanol–water partition coefficient (Wildman–Crippen LogP) is 2.46. The van der Waals surface area contributed by atoms with E-state index in [0.717, 1.165) is 11.5 Å². The van der Waals surface area contributed by atoms with Crippen molar-refractivity contribution < 1.29 is 0 Å². The third-order valence-corrected chi connectivity index (χ3v) is 3.33. The quantitative estimate of drug-likeness (QED) is 0.930. The molecule has 1 aromatic heterocycles. The van der Waals surface area contributed by atoms with Gasteiger partial charge in [-0.3, -0.25) is 4.98 Å². The molecule has 0 aliphatic carbocycles. The summed E-state index contributed by atoms with van der Waals surface area (Å²) in [5, 5.41) is 0. The van der Waals surface area contributed by atoms with Crippen molar-refractivity contribution in [3.63, 3.8) is 0 Å². The smallest absolute Gasteiger partial charge is 0.0271 e. The molecular formula is C17H34N4. The average Bonchev–Trinajstić information content (AvgIpc) is 2.50. The Labute approximate surface area is 131 Å². The maximum absolute atomic E-state index is 5.32. The number of nitrogens with two attached hydrogens (primary N) is 1. The van der Waals surface area contributed by atoms with Crippen LogP contribution in [0.25, 0.3) is 0 Å². The lowest BCUT2D eigenvalue weighted by Crippen LogP contribution is -2.36. The zero-order chi connectivity index (χ0) is 16.1. The van der Waals surface area contributed by atoms with Gasteiger partial charge in [0.2, 0.25) is 0 Å². The Hall–Kier alpha value is -0.970. The normalized spacial score (nSPS) is 18.3. The van der Waals surface area contributed by atoms with Crippen LogP contribution in [0.3, 0.4) is 0 Å². The molecule has 4 heteroatoms. The van der Waals surface area contributed by atoms with Gasteiger partial charge >= 0.3 is 0 Å². The van der Waals surface area contributed by atoms with Gasteiger partial charge < -0.3 is 15.5 Å². The summed E-state index contributed by atoms with van der Waals surface area (Å²) in [6, 6.07) is 3.81. The lowest BCUT2D eigenvalue weighted by atomic mass is 9.98. The van der Waals surface area contributed by atoms with Gasteiger partial charge in [-0.2, -0.15) is 0 Å². The topological polar surface area (TPSA) is 45.4 Å². The first-order chi connectivity index (χ1) is 10.1. The second kappa shape index (κ2) is 12.7. The summed E-state index contributed by atoms with van der Waals surface area (Å²) in [5.41, 5.74) is 6.45. The molecule has 1 unspecified atom stereocenters. The number of aromatic nitrogens is 1. The molecule has 0 spiro atoms.